The number of benzene rings is 1. The first-order valence-corrected chi connectivity index (χ1v) is 9.09. The second-order valence-corrected chi connectivity index (χ2v) is 7.06. The van der Waals surface area contributed by atoms with Gasteiger partial charge >= 0.3 is 0 Å². The van der Waals surface area contributed by atoms with Crippen LogP contribution in [-0.2, 0) is 11.2 Å². The maximum atomic E-state index is 12.9. The maximum absolute atomic E-state index is 12.9. The molecular weight excluding hydrogens is 328 g/mol. The molecule has 2 aromatic heterocycles. The van der Waals surface area contributed by atoms with Crippen molar-refractivity contribution in [3.63, 3.8) is 0 Å². The maximum Gasteiger partial charge on any atom is 0.249 e. The number of anilines is 2. The first-order valence-electron chi connectivity index (χ1n) is 9.09. The summed E-state index contributed by atoms with van der Waals surface area (Å²) < 4.78 is 1.79. The molecule has 0 bridgehead atoms. The largest absolute Gasteiger partial charge is 0.357 e. The van der Waals surface area contributed by atoms with E-state index >= 15 is 0 Å². The molecule has 1 unspecified atom stereocenters. The molecule has 0 saturated heterocycles. The molecule has 132 valence electrons. The molecule has 1 fully saturated rings. The van der Waals surface area contributed by atoms with Crippen LogP contribution in [0.15, 0.2) is 36.4 Å². The molecule has 1 aliphatic carbocycles. The number of nitrogens with one attached hydrogen (secondary N) is 1. The van der Waals surface area contributed by atoms with E-state index < -0.39 is 0 Å². The van der Waals surface area contributed by atoms with Gasteiger partial charge in [0.05, 0.1) is 0 Å². The molecule has 7 heteroatoms. The number of carbonyl (C=O) groups is 1. The van der Waals surface area contributed by atoms with Crippen LogP contribution in [0, 0.1) is 0 Å². The summed E-state index contributed by atoms with van der Waals surface area (Å²) in [5, 5.41) is 16.3. The minimum Gasteiger partial charge on any atom is -0.357 e. The van der Waals surface area contributed by atoms with Gasteiger partial charge in [-0.3, -0.25) is 4.79 Å². The Hall–Kier alpha value is -2.96. The summed E-state index contributed by atoms with van der Waals surface area (Å²) >= 11 is 0. The first-order chi connectivity index (χ1) is 12.7. The minimum absolute atomic E-state index is 0.0584. The summed E-state index contributed by atoms with van der Waals surface area (Å²) in [6, 6.07) is 11.5. The number of para-hydroxylation sites is 1. The predicted octanol–water partition coefficient (Wildman–Crippen LogP) is 2.39. The Morgan fingerprint density at radius 3 is 2.88 bits per heavy atom. The number of rotatable bonds is 4. The van der Waals surface area contributed by atoms with Gasteiger partial charge in [0.2, 0.25) is 5.91 Å². The lowest BCUT2D eigenvalue weighted by molar-refractivity contribution is -0.118. The van der Waals surface area contributed by atoms with Crippen LogP contribution in [0.25, 0.3) is 5.65 Å². The van der Waals surface area contributed by atoms with Gasteiger partial charge in [0, 0.05) is 18.2 Å². The van der Waals surface area contributed by atoms with Crippen molar-refractivity contribution in [1.82, 2.24) is 19.8 Å². The zero-order valence-corrected chi connectivity index (χ0v) is 14.6. The molecule has 7 nitrogen and oxygen atoms in total. The fourth-order valence-corrected chi connectivity index (χ4v) is 3.56. The second-order valence-electron chi connectivity index (χ2n) is 7.06. The smallest absolute Gasteiger partial charge is 0.249 e. The summed E-state index contributed by atoms with van der Waals surface area (Å²) in [6.45, 7) is 2.61. The Morgan fingerprint density at radius 2 is 2.04 bits per heavy atom. The van der Waals surface area contributed by atoms with Crippen molar-refractivity contribution >= 4 is 23.1 Å². The van der Waals surface area contributed by atoms with Crippen LogP contribution in [0.5, 0.6) is 0 Å². The van der Waals surface area contributed by atoms with Crippen LogP contribution in [0.2, 0.25) is 0 Å². The molecule has 26 heavy (non-hydrogen) atoms. The molecule has 0 spiro atoms. The first kappa shape index (κ1) is 15.3. The summed E-state index contributed by atoms with van der Waals surface area (Å²) in [5.74, 6) is 2.10. The van der Waals surface area contributed by atoms with Gasteiger partial charge in [-0.2, -0.15) is 4.52 Å². The molecule has 1 N–H and O–H groups in total. The molecular formula is C19H20N6O. The lowest BCUT2D eigenvalue weighted by Gasteiger charge is -2.22. The third kappa shape index (κ3) is 2.51. The van der Waals surface area contributed by atoms with Crippen molar-refractivity contribution in [1.29, 1.82) is 0 Å². The van der Waals surface area contributed by atoms with Gasteiger partial charge in [-0.05, 0) is 49.9 Å². The van der Waals surface area contributed by atoms with E-state index in [1.807, 2.05) is 42.2 Å². The van der Waals surface area contributed by atoms with Crippen LogP contribution in [0.3, 0.4) is 0 Å². The van der Waals surface area contributed by atoms with Crippen molar-refractivity contribution in [2.75, 3.05) is 16.8 Å². The number of amides is 1. The zero-order chi connectivity index (χ0) is 17.7. The van der Waals surface area contributed by atoms with Gasteiger partial charge in [0.15, 0.2) is 11.5 Å². The third-order valence-corrected chi connectivity index (χ3v) is 5.12. The lowest BCUT2D eigenvalue weighted by atomic mass is 10.2. The molecule has 0 radical (unpaired) electrons. The fourth-order valence-electron chi connectivity index (χ4n) is 3.56. The molecule has 1 saturated carbocycles. The fraction of sp³-hybridized carbons (Fsp3) is 0.368. The molecule has 1 atom stereocenters. The summed E-state index contributed by atoms with van der Waals surface area (Å²) in [7, 11) is 0. The second kappa shape index (κ2) is 5.79. The lowest BCUT2D eigenvalue weighted by Crippen LogP contribution is -2.40. The topological polar surface area (TPSA) is 75.4 Å². The van der Waals surface area contributed by atoms with Crippen LogP contribution in [0.4, 0.5) is 11.5 Å². The van der Waals surface area contributed by atoms with Crippen molar-refractivity contribution < 1.29 is 4.79 Å². The third-order valence-electron chi connectivity index (χ3n) is 5.12. The number of nitrogens with zero attached hydrogens (tertiary/aromatic N) is 5. The van der Waals surface area contributed by atoms with Gasteiger partial charge in [-0.15, -0.1) is 15.3 Å². The van der Waals surface area contributed by atoms with Crippen LogP contribution < -0.4 is 10.2 Å². The van der Waals surface area contributed by atoms with Crippen molar-refractivity contribution in [3.05, 3.63) is 47.8 Å². The highest BCUT2D eigenvalue weighted by molar-refractivity contribution is 6.00. The van der Waals surface area contributed by atoms with Gasteiger partial charge in [-0.1, -0.05) is 18.2 Å². The minimum atomic E-state index is -0.369. The Bertz CT molecular complexity index is 993. The monoisotopic (exact) mass is 348 g/mol. The van der Waals surface area contributed by atoms with E-state index in [2.05, 4.69) is 26.7 Å². The van der Waals surface area contributed by atoms with E-state index in [-0.39, 0.29) is 11.9 Å². The number of fused-ring (bicyclic) bond motifs is 2. The highest BCUT2D eigenvalue weighted by Crippen LogP contribution is 2.38. The number of hydrogen-bond donors (Lipinski definition) is 1. The van der Waals surface area contributed by atoms with Crippen LogP contribution >= 0.6 is 0 Å². The van der Waals surface area contributed by atoms with E-state index in [0.717, 1.165) is 43.0 Å². The normalized spacial score (nSPS) is 17.3. The van der Waals surface area contributed by atoms with E-state index in [9.17, 15) is 4.79 Å². The SMILES string of the molecule is CC(Nc1ccc2nnc(C3CC3)n2n1)C(=O)N1CCc2ccccc21. The summed E-state index contributed by atoms with van der Waals surface area (Å²) in [6.07, 6.45) is 3.19. The average Bonchev–Trinajstić information content (AvgIpc) is 3.27. The predicted molar refractivity (Wildman–Crippen MR) is 98.3 cm³/mol. The Labute approximate surface area is 151 Å². The van der Waals surface area contributed by atoms with Gasteiger partial charge < -0.3 is 10.2 Å². The van der Waals surface area contributed by atoms with Crippen LogP contribution in [-0.4, -0.2) is 38.3 Å². The zero-order valence-electron chi connectivity index (χ0n) is 14.6. The highest BCUT2D eigenvalue weighted by atomic mass is 16.2. The summed E-state index contributed by atoms with van der Waals surface area (Å²) in [5.41, 5.74) is 2.99. The van der Waals surface area contributed by atoms with E-state index in [1.54, 1.807) is 4.52 Å². The van der Waals surface area contributed by atoms with Gasteiger partial charge in [0.25, 0.3) is 0 Å². The Morgan fingerprint density at radius 1 is 1.19 bits per heavy atom. The molecule has 5 rings (SSSR count). The average molecular weight is 348 g/mol. The molecule has 1 aromatic carbocycles. The molecule has 3 aromatic rings. The Kier molecular flexibility index (Phi) is 3.41. The van der Waals surface area contributed by atoms with E-state index in [4.69, 9.17) is 0 Å². The van der Waals surface area contributed by atoms with Crippen molar-refractivity contribution in [3.8, 4) is 0 Å². The van der Waals surface area contributed by atoms with E-state index in [1.165, 1.54) is 5.56 Å². The number of hydrogen-bond acceptors (Lipinski definition) is 5. The van der Waals surface area contributed by atoms with Crippen molar-refractivity contribution in [2.45, 2.75) is 38.1 Å². The highest BCUT2D eigenvalue weighted by Gasteiger charge is 2.30. The Balaban J connectivity index is 1.37. The molecule has 2 aliphatic rings. The van der Waals surface area contributed by atoms with Crippen molar-refractivity contribution in [2.24, 2.45) is 0 Å². The van der Waals surface area contributed by atoms with Crippen LogP contribution in [0.1, 0.15) is 37.1 Å². The van der Waals surface area contributed by atoms with Gasteiger partial charge in [-0.25, -0.2) is 0 Å². The quantitative estimate of drug-likeness (QED) is 0.783. The number of carbonyl (C=O) groups excluding carboxylic acids is 1. The van der Waals surface area contributed by atoms with Gasteiger partial charge in [0.1, 0.15) is 11.9 Å². The molecule has 1 aliphatic heterocycles. The summed E-state index contributed by atoms with van der Waals surface area (Å²) in [4.78, 5) is 14.8. The molecule has 3 heterocycles. The number of aromatic nitrogens is 4. The standard InChI is InChI=1S/C19H20N6O/c1-12(19(26)24-11-10-13-4-2-3-5-15(13)24)20-16-8-9-17-21-22-18(14-6-7-14)25(17)23-16/h2-5,8-9,12,14H,6-7,10-11H2,1H3,(H,20,23). The molecule has 1 amide bonds. The van der Waals surface area contributed by atoms with E-state index in [0.29, 0.717) is 11.7 Å².